The molecule has 1 aliphatic heterocycles. The second-order valence-electron chi connectivity index (χ2n) is 6.26. The molecule has 0 N–H and O–H groups in total. The van der Waals surface area contributed by atoms with Gasteiger partial charge >= 0.3 is 0 Å². The van der Waals surface area contributed by atoms with E-state index in [1.165, 1.54) is 17.4 Å². The highest BCUT2D eigenvalue weighted by Crippen LogP contribution is 2.23. The number of carbonyl (C=O) groups is 1. The van der Waals surface area contributed by atoms with E-state index in [2.05, 4.69) is 15.0 Å². The molecule has 3 aromatic heterocycles. The van der Waals surface area contributed by atoms with Crippen LogP contribution in [0.25, 0.3) is 4.96 Å². The summed E-state index contributed by atoms with van der Waals surface area (Å²) in [6.07, 6.45) is 2.71. The number of hydrogen-bond acceptors (Lipinski definition) is 7. The monoisotopic (exact) mass is 373 g/mol. The van der Waals surface area contributed by atoms with Crippen molar-refractivity contribution in [2.45, 2.75) is 19.8 Å². The Hall–Kier alpha value is -2.68. The summed E-state index contributed by atoms with van der Waals surface area (Å²) >= 11 is 1.40. The number of aromatic nitrogens is 3. The highest BCUT2D eigenvalue weighted by molar-refractivity contribution is 7.20. The highest BCUT2D eigenvalue weighted by atomic mass is 32.1. The number of fused-ring (bicyclic) bond motifs is 1. The second kappa shape index (κ2) is 6.91. The number of furan rings is 1. The van der Waals surface area contributed by atoms with Gasteiger partial charge in [-0.05, 0) is 19.1 Å². The molecule has 1 saturated heterocycles. The lowest BCUT2D eigenvalue weighted by Crippen LogP contribution is -2.48. The van der Waals surface area contributed by atoms with Crippen LogP contribution in [-0.4, -0.2) is 51.6 Å². The van der Waals surface area contributed by atoms with Crippen LogP contribution in [-0.2, 0) is 11.2 Å². The summed E-state index contributed by atoms with van der Waals surface area (Å²) in [6, 6.07) is 5.20. The van der Waals surface area contributed by atoms with Crippen molar-refractivity contribution >= 4 is 27.3 Å². The fraction of sp³-hybridized carbons (Fsp3) is 0.412. The topological polar surface area (TPSA) is 84.0 Å². The summed E-state index contributed by atoms with van der Waals surface area (Å²) in [5, 5.41) is 5.39. The zero-order chi connectivity index (χ0) is 18.1. The zero-order valence-electron chi connectivity index (χ0n) is 14.4. The largest absolute Gasteiger partial charge is 0.469 e. The molecule has 1 aliphatic rings. The molecule has 0 bridgehead atoms. The molecule has 9 heteroatoms. The maximum absolute atomic E-state index is 12.4. The van der Waals surface area contributed by atoms with Crippen LogP contribution in [0.3, 0.4) is 0 Å². The summed E-state index contributed by atoms with van der Waals surface area (Å²) in [7, 11) is 0. The number of hydrogen-bond donors (Lipinski definition) is 0. The van der Waals surface area contributed by atoms with Gasteiger partial charge in [0, 0.05) is 50.8 Å². The Morgan fingerprint density at radius 1 is 1.31 bits per heavy atom. The van der Waals surface area contributed by atoms with E-state index in [1.54, 1.807) is 10.8 Å². The van der Waals surface area contributed by atoms with E-state index in [0.717, 1.165) is 29.7 Å². The summed E-state index contributed by atoms with van der Waals surface area (Å²) in [4.78, 5) is 32.5. The second-order valence-corrected chi connectivity index (χ2v) is 7.20. The van der Waals surface area contributed by atoms with Crippen LogP contribution in [0.5, 0.6) is 0 Å². The van der Waals surface area contributed by atoms with Gasteiger partial charge in [0.15, 0.2) is 0 Å². The number of rotatable bonds is 4. The predicted molar refractivity (Wildman–Crippen MR) is 97.7 cm³/mol. The van der Waals surface area contributed by atoms with Crippen molar-refractivity contribution in [2.24, 2.45) is 0 Å². The van der Waals surface area contributed by atoms with Gasteiger partial charge in [0.2, 0.25) is 16.0 Å². The third-order valence-electron chi connectivity index (χ3n) is 4.49. The van der Waals surface area contributed by atoms with Crippen molar-refractivity contribution in [3.8, 4) is 0 Å². The molecule has 4 heterocycles. The average molecular weight is 373 g/mol. The first-order chi connectivity index (χ1) is 12.6. The molecular weight excluding hydrogens is 354 g/mol. The molecule has 136 valence electrons. The SMILES string of the molecule is Cc1cc(=O)nc2sc(N3CCN(C(=O)CCc4ccco4)CC3)nn12. The zero-order valence-corrected chi connectivity index (χ0v) is 15.2. The maximum atomic E-state index is 12.4. The molecule has 0 aliphatic carbocycles. The molecule has 0 aromatic carbocycles. The highest BCUT2D eigenvalue weighted by Gasteiger charge is 2.23. The Labute approximate surface area is 153 Å². The van der Waals surface area contributed by atoms with E-state index in [1.807, 2.05) is 24.0 Å². The van der Waals surface area contributed by atoms with Crippen LogP contribution in [0.2, 0.25) is 0 Å². The molecule has 8 nitrogen and oxygen atoms in total. The van der Waals surface area contributed by atoms with Crippen molar-refractivity contribution in [3.05, 3.63) is 46.3 Å². The van der Waals surface area contributed by atoms with Crippen LogP contribution in [0.1, 0.15) is 17.9 Å². The van der Waals surface area contributed by atoms with Crippen LogP contribution >= 0.6 is 11.3 Å². The summed E-state index contributed by atoms with van der Waals surface area (Å²) < 4.78 is 6.97. The summed E-state index contributed by atoms with van der Waals surface area (Å²) in [5.74, 6) is 0.984. The number of carbonyl (C=O) groups excluding carboxylic acids is 1. The fourth-order valence-electron chi connectivity index (χ4n) is 3.06. The Kier molecular flexibility index (Phi) is 4.46. The minimum absolute atomic E-state index is 0.147. The normalized spacial score (nSPS) is 15.0. The summed E-state index contributed by atoms with van der Waals surface area (Å²) in [5.41, 5.74) is 0.527. The van der Waals surface area contributed by atoms with Gasteiger partial charge < -0.3 is 14.2 Å². The molecule has 0 saturated carbocycles. The predicted octanol–water partition coefficient (Wildman–Crippen LogP) is 1.33. The van der Waals surface area contributed by atoms with Gasteiger partial charge in [0.05, 0.1) is 6.26 Å². The van der Waals surface area contributed by atoms with Crippen molar-refractivity contribution < 1.29 is 9.21 Å². The molecule has 0 radical (unpaired) electrons. The Morgan fingerprint density at radius 2 is 2.12 bits per heavy atom. The Morgan fingerprint density at radius 3 is 2.85 bits per heavy atom. The molecule has 26 heavy (non-hydrogen) atoms. The third-order valence-corrected chi connectivity index (χ3v) is 5.46. The third kappa shape index (κ3) is 3.34. The van der Waals surface area contributed by atoms with Gasteiger partial charge in [-0.15, -0.1) is 5.10 Å². The van der Waals surface area contributed by atoms with Crippen LogP contribution < -0.4 is 10.5 Å². The molecule has 0 spiro atoms. The minimum Gasteiger partial charge on any atom is -0.469 e. The van der Waals surface area contributed by atoms with E-state index >= 15 is 0 Å². The Bertz CT molecular complexity index is 970. The number of aryl methyl sites for hydroxylation is 2. The van der Waals surface area contributed by atoms with E-state index in [4.69, 9.17) is 4.42 Å². The minimum atomic E-state index is -0.246. The quantitative estimate of drug-likeness (QED) is 0.686. The number of nitrogens with zero attached hydrogens (tertiary/aromatic N) is 5. The van der Waals surface area contributed by atoms with Gasteiger partial charge in [0.1, 0.15) is 5.76 Å². The molecular formula is C17H19N5O3S. The van der Waals surface area contributed by atoms with E-state index in [0.29, 0.717) is 30.9 Å². The van der Waals surface area contributed by atoms with Crippen molar-refractivity contribution in [1.82, 2.24) is 19.5 Å². The average Bonchev–Trinajstić information content (AvgIpc) is 3.29. The number of piperazine rings is 1. The van der Waals surface area contributed by atoms with Gasteiger partial charge in [-0.3, -0.25) is 9.59 Å². The standard InChI is InChI=1S/C17H19N5O3S/c1-12-11-14(23)18-16-22(12)19-17(26-16)21-8-6-20(7-9-21)15(24)5-4-13-3-2-10-25-13/h2-3,10-11H,4-9H2,1H3. The van der Waals surface area contributed by atoms with Gasteiger partial charge in [-0.25, -0.2) is 4.52 Å². The lowest BCUT2D eigenvalue weighted by Gasteiger charge is -2.34. The molecule has 1 amide bonds. The maximum Gasteiger partial charge on any atom is 0.274 e. The van der Waals surface area contributed by atoms with E-state index in [-0.39, 0.29) is 11.5 Å². The fourth-order valence-corrected chi connectivity index (χ4v) is 4.06. The molecule has 0 atom stereocenters. The summed E-state index contributed by atoms with van der Waals surface area (Å²) in [6.45, 7) is 4.61. The molecule has 4 rings (SSSR count). The smallest absolute Gasteiger partial charge is 0.274 e. The first-order valence-corrected chi connectivity index (χ1v) is 9.34. The van der Waals surface area contributed by atoms with E-state index in [9.17, 15) is 9.59 Å². The van der Waals surface area contributed by atoms with Crippen LogP contribution in [0, 0.1) is 6.92 Å². The number of amides is 1. The van der Waals surface area contributed by atoms with Crippen LogP contribution in [0.15, 0.2) is 33.7 Å². The van der Waals surface area contributed by atoms with Crippen molar-refractivity contribution in [2.75, 3.05) is 31.1 Å². The molecule has 3 aromatic rings. The van der Waals surface area contributed by atoms with Gasteiger partial charge in [0.25, 0.3) is 5.56 Å². The molecule has 1 fully saturated rings. The Balaban J connectivity index is 1.38. The van der Waals surface area contributed by atoms with Gasteiger partial charge in [-0.1, -0.05) is 11.3 Å². The van der Waals surface area contributed by atoms with Crippen molar-refractivity contribution in [1.29, 1.82) is 0 Å². The number of anilines is 1. The first kappa shape index (κ1) is 16.8. The van der Waals surface area contributed by atoms with Gasteiger partial charge in [-0.2, -0.15) is 4.98 Å². The molecule has 0 unspecified atom stereocenters. The van der Waals surface area contributed by atoms with E-state index < -0.39 is 0 Å². The lowest BCUT2D eigenvalue weighted by molar-refractivity contribution is -0.131. The van der Waals surface area contributed by atoms with Crippen molar-refractivity contribution in [3.63, 3.8) is 0 Å². The first-order valence-electron chi connectivity index (χ1n) is 8.53. The van der Waals surface area contributed by atoms with Crippen LogP contribution in [0.4, 0.5) is 5.13 Å². The lowest BCUT2D eigenvalue weighted by atomic mass is 10.2.